The lowest BCUT2D eigenvalue weighted by Gasteiger charge is -2.36. The lowest BCUT2D eigenvalue weighted by molar-refractivity contribution is 0.226. The van der Waals surface area contributed by atoms with Crippen LogP contribution in [0.5, 0.6) is 5.75 Å². The average Bonchev–Trinajstić information content (AvgIpc) is 3.59. The largest absolute Gasteiger partial charge is 0.484 e. The van der Waals surface area contributed by atoms with Crippen molar-refractivity contribution in [3.8, 4) is 5.75 Å². The summed E-state index contributed by atoms with van der Waals surface area (Å²) in [5, 5.41) is 3.99. The lowest BCUT2D eigenvalue weighted by Crippen LogP contribution is -2.32. The highest BCUT2D eigenvalue weighted by atomic mass is 16.5. The summed E-state index contributed by atoms with van der Waals surface area (Å²) in [5.74, 6) is 1.49. The molecule has 2 aliphatic heterocycles. The first-order chi connectivity index (χ1) is 21.8. The molecule has 4 atom stereocenters. The van der Waals surface area contributed by atoms with Crippen LogP contribution in [-0.4, -0.2) is 6.10 Å². The molecular weight excluding hydrogens is 548 g/mol. The number of anilines is 3. The summed E-state index contributed by atoms with van der Waals surface area (Å²) in [6, 6.07) is 20.7. The molecule has 3 aromatic rings. The predicted molar refractivity (Wildman–Crippen MR) is 189 cm³/mol. The van der Waals surface area contributed by atoms with E-state index in [4.69, 9.17) is 4.74 Å². The van der Waals surface area contributed by atoms with Crippen molar-refractivity contribution in [3.63, 3.8) is 0 Å². The number of benzene rings is 3. The Morgan fingerprint density at radius 2 is 1.80 bits per heavy atom. The SMILES string of the molecule is CC(C)(C)c1cc(C2=CC=CCC2)c(N2c3ccccc3NC2c2cccc3c2OC2C=CC=CC32C)c([C@@H]2CC=CCC2)c1. The third kappa shape index (κ3) is 4.62. The molecule has 3 nitrogen and oxygen atoms in total. The maximum Gasteiger partial charge on any atom is 0.134 e. The Morgan fingerprint density at radius 3 is 2.60 bits per heavy atom. The number of nitrogens with zero attached hydrogens (tertiary/aromatic N) is 1. The number of nitrogens with one attached hydrogen (secondary N) is 1. The number of rotatable bonds is 4. The van der Waals surface area contributed by atoms with Crippen LogP contribution in [0, 0.1) is 0 Å². The van der Waals surface area contributed by atoms with Gasteiger partial charge in [0.25, 0.3) is 0 Å². The minimum Gasteiger partial charge on any atom is -0.484 e. The molecule has 8 rings (SSSR count). The van der Waals surface area contributed by atoms with E-state index < -0.39 is 0 Å². The highest BCUT2D eigenvalue weighted by Crippen LogP contribution is 2.56. The van der Waals surface area contributed by atoms with Crippen molar-refractivity contribution in [2.45, 2.75) is 88.8 Å². The first kappa shape index (κ1) is 28.2. The Kier molecular flexibility index (Phi) is 6.71. The Morgan fingerprint density at radius 1 is 0.911 bits per heavy atom. The van der Waals surface area contributed by atoms with Crippen molar-refractivity contribution < 1.29 is 4.74 Å². The number of allylic oxidation sites excluding steroid dienone is 8. The zero-order chi connectivity index (χ0) is 30.8. The second-order valence-corrected chi connectivity index (χ2v) is 14.6. The molecule has 0 saturated carbocycles. The van der Waals surface area contributed by atoms with Crippen LogP contribution in [0.15, 0.2) is 109 Å². The molecule has 1 N–H and O–H groups in total. The molecule has 0 fully saturated rings. The molecular formula is C42H44N2O. The van der Waals surface area contributed by atoms with Gasteiger partial charge in [-0.1, -0.05) is 106 Å². The number of hydrogen-bond donors (Lipinski definition) is 1. The van der Waals surface area contributed by atoms with Gasteiger partial charge in [0, 0.05) is 16.7 Å². The van der Waals surface area contributed by atoms with Crippen LogP contribution in [-0.2, 0) is 10.8 Å². The van der Waals surface area contributed by atoms with E-state index in [2.05, 4.69) is 147 Å². The molecule has 228 valence electrons. The van der Waals surface area contributed by atoms with Crippen molar-refractivity contribution in [1.29, 1.82) is 0 Å². The lowest BCUT2D eigenvalue weighted by atomic mass is 9.76. The van der Waals surface area contributed by atoms with E-state index in [1.807, 2.05) is 0 Å². The van der Waals surface area contributed by atoms with Crippen LogP contribution in [0.25, 0.3) is 5.57 Å². The summed E-state index contributed by atoms with van der Waals surface area (Å²) < 4.78 is 6.86. The molecule has 45 heavy (non-hydrogen) atoms. The van der Waals surface area contributed by atoms with Crippen molar-refractivity contribution in [3.05, 3.63) is 137 Å². The monoisotopic (exact) mass is 592 g/mol. The van der Waals surface area contributed by atoms with Crippen molar-refractivity contribution >= 4 is 22.6 Å². The number of para-hydroxylation sites is 3. The Hall–Kier alpha value is -4.24. The van der Waals surface area contributed by atoms with E-state index in [1.54, 1.807) is 0 Å². The van der Waals surface area contributed by atoms with Crippen LogP contribution in [0.3, 0.4) is 0 Å². The second kappa shape index (κ2) is 10.7. The molecule has 3 unspecified atom stereocenters. The van der Waals surface area contributed by atoms with Gasteiger partial charge < -0.3 is 15.0 Å². The van der Waals surface area contributed by atoms with Crippen molar-refractivity contribution in [1.82, 2.24) is 0 Å². The Bertz CT molecular complexity index is 1810. The van der Waals surface area contributed by atoms with Gasteiger partial charge >= 0.3 is 0 Å². The van der Waals surface area contributed by atoms with Crippen LogP contribution >= 0.6 is 0 Å². The maximum atomic E-state index is 6.86. The summed E-state index contributed by atoms with van der Waals surface area (Å²) >= 11 is 0. The summed E-state index contributed by atoms with van der Waals surface area (Å²) in [6.45, 7) is 9.38. The Labute approximate surface area is 268 Å². The van der Waals surface area contributed by atoms with Crippen LogP contribution in [0.2, 0.25) is 0 Å². The van der Waals surface area contributed by atoms with Crippen LogP contribution in [0.4, 0.5) is 17.1 Å². The number of hydrogen-bond acceptors (Lipinski definition) is 3. The van der Waals surface area contributed by atoms with Gasteiger partial charge in [-0.3, -0.25) is 0 Å². The summed E-state index contributed by atoms with van der Waals surface area (Å²) in [7, 11) is 0. The average molecular weight is 593 g/mol. The smallest absolute Gasteiger partial charge is 0.134 e. The first-order valence-electron chi connectivity index (χ1n) is 16.8. The molecule has 3 aliphatic carbocycles. The molecule has 0 bridgehead atoms. The highest BCUT2D eigenvalue weighted by Gasteiger charge is 2.46. The molecule has 0 aromatic heterocycles. The van der Waals surface area contributed by atoms with Gasteiger partial charge in [0.2, 0.25) is 0 Å². The molecule has 0 radical (unpaired) electrons. The van der Waals surface area contributed by atoms with Gasteiger partial charge in [0.1, 0.15) is 18.0 Å². The van der Waals surface area contributed by atoms with Gasteiger partial charge in [-0.25, -0.2) is 0 Å². The van der Waals surface area contributed by atoms with E-state index in [0.29, 0.717) is 5.92 Å². The minimum atomic E-state index is -0.172. The van der Waals surface area contributed by atoms with Gasteiger partial charge in [0.05, 0.1) is 22.5 Å². The van der Waals surface area contributed by atoms with Gasteiger partial charge in [-0.15, -0.1) is 0 Å². The van der Waals surface area contributed by atoms with E-state index in [1.165, 1.54) is 56.9 Å². The molecule has 0 saturated heterocycles. The third-order valence-corrected chi connectivity index (χ3v) is 10.6. The highest BCUT2D eigenvalue weighted by molar-refractivity contribution is 5.91. The maximum absolute atomic E-state index is 6.86. The fourth-order valence-electron chi connectivity index (χ4n) is 8.01. The molecule has 3 aromatic carbocycles. The summed E-state index contributed by atoms with van der Waals surface area (Å²) in [5.41, 5.74) is 11.8. The molecule has 0 spiro atoms. The quantitative estimate of drug-likeness (QED) is 0.305. The number of ether oxygens (including phenoxy) is 1. The van der Waals surface area contributed by atoms with Gasteiger partial charge in [-0.2, -0.15) is 0 Å². The topological polar surface area (TPSA) is 24.5 Å². The first-order valence-corrected chi connectivity index (χ1v) is 16.8. The van der Waals surface area contributed by atoms with Crippen molar-refractivity contribution in [2.24, 2.45) is 0 Å². The molecule has 2 heterocycles. The van der Waals surface area contributed by atoms with E-state index in [-0.39, 0.29) is 23.1 Å². The minimum absolute atomic E-state index is 0.00118. The molecule has 3 heteroatoms. The zero-order valence-electron chi connectivity index (χ0n) is 27.0. The summed E-state index contributed by atoms with van der Waals surface area (Å²) in [6.07, 6.45) is 25.9. The fraction of sp³-hybridized carbons (Fsp3) is 0.333. The fourth-order valence-corrected chi connectivity index (χ4v) is 8.01. The van der Waals surface area contributed by atoms with Crippen molar-refractivity contribution in [2.75, 3.05) is 10.2 Å². The van der Waals surface area contributed by atoms with E-state index in [9.17, 15) is 0 Å². The van der Waals surface area contributed by atoms with Crippen LogP contribution < -0.4 is 15.0 Å². The standard InChI is InChI=1S/C42H44N2O/c1-41(2,3)30-26-32(28-16-7-5-8-17-28)38(33(27-30)29-18-9-6-10-19-29)44-36-23-12-11-22-35(36)43-40(44)31-20-15-21-34-39(31)45-37-24-13-14-25-42(34,37)4/h5-7,9,11-16,20-27,29,37,40,43H,8,10,17-19H2,1-4H3/t29-,37?,40?,42?/m1/s1. The van der Waals surface area contributed by atoms with Gasteiger partial charge in [0.15, 0.2) is 0 Å². The summed E-state index contributed by atoms with van der Waals surface area (Å²) in [4.78, 5) is 2.62. The second-order valence-electron chi connectivity index (χ2n) is 14.6. The predicted octanol–water partition coefficient (Wildman–Crippen LogP) is 10.9. The van der Waals surface area contributed by atoms with Crippen LogP contribution in [0.1, 0.15) is 99.7 Å². The normalized spacial score (nSPS) is 26.2. The molecule has 0 amide bonds. The number of fused-ring (bicyclic) bond motifs is 4. The third-order valence-electron chi connectivity index (χ3n) is 10.6. The molecule has 5 aliphatic rings. The Balaban J connectivity index is 1.39. The zero-order valence-corrected chi connectivity index (χ0v) is 27.0. The van der Waals surface area contributed by atoms with Gasteiger partial charge in [-0.05, 0) is 91.3 Å². The van der Waals surface area contributed by atoms with E-state index in [0.717, 1.165) is 31.4 Å². The van der Waals surface area contributed by atoms with E-state index >= 15 is 0 Å².